The Hall–Kier alpha value is -2.17. The number of carbonyl (C=O) groups is 1. The quantitative estimate of drug-likeness (QED) is 0.723. The van der Waals surface area contributed by atoms with E-state index in [1.54, 1.807) is 19.2 Å². The van der Waals surface area contributed by atoms with Crippen molar-refractivity contribution in [2.75, 3.05) is 0 Å². The highest BCUT2D eigenvalue weighted by Crippen LogP contribution is 2.09. The number of hydrogen-bond donors (Lipinski definition) is 2. The summed E-state index contributed by atoms with van der Waals surface area (Å²) in [5.41, 5.74) is 0.356. The summed E-state index contributed by atoms with van der Waals surface area (Å²) in [7, 11) is 0. The number of carboxylic acid groups (broad SMARTS) is 1. The average molecular weight is 204 g/mol. The summed E-state index contributed by atoms with van der Waals surface area (Å²) in [6, 6.07) is 1.67. The van der Waals surface area contributed by atoms with Crippen LogP contribution in [0.5, 0.6) is 0 Å². The zero-order valence-corrected chi connectivity index (χ0v) is 7.94. The van der Waals surface area contributed by atoms with Gasteiger partial charge in [-0.05, 0) is 18.6 Å². The number of rotatable bonds is 1. The van der Waals surface area contributed by atoms with Gasteiger partial charge in [-0.1, -0.05) is 0 Å². The molecule has 2 aromatic rings. The van der Waals surface area contributed by atoms with Gasteiger partial charge in [-0.25, -0.2) is 9.78 Å². The Labute approximate surface area is 84.4 Å². The molecule has 5 heteroatoms. The lowest BCUT2D eigenvalue weighted by atomic mass is 10.1. The number of hydrogen-bond acceptors (Lipinski definition) is 3. The number of fused-ring (bicyclic) bond motifs is 1. The third-order valence-corrected chi connectivity index (χ3v) is 2.21. The Bertz CT molecular complexity index is 601. The summed E-state index contributed by atoms with van der Waals surface area (Å²) in [6.45, 7) is 1.74. The zero-order chi connectivity index (χ0) is 11.0. The van der Waals surface area contributed by atoms with Crippen LogP contribution in [0.2, 0.25) is 0 Å². The third kappa shape index (κ3) is 1.38. The molecule has 15 heavy (non-hydrogen) atoms. The topological polar surface area (TPSA) is 83.1 Å². The maximum Gasteiger partial charge on any atom is 0.341 e. The van der Waals surface area contributed by atoms with Crippen LogP contribution < -0.4 is 5.43 Å². The predicted octanol–water partition coefficient (Wildman–Crippen LogP) is 0.930. The summed E-state index contributed by atoms with van der Waals surface area (Å²) >= 11 is 0. The van der Waals surface area contributed by atoms with Gasteiger partial charge in [0.25, 0.3) is 0 Å². The molecule has 0 aromatic carbocycles. The van der Waals surface area contributed by atoms with E-state index >= 15 is 0 Å². The van der Waals surface area contributed by atoms with Crippen LogP contribution in [0.1, 0.15) is 15.9 Å². The van der Waals surface area contributed by atoms with Crippen molar-refractivity contribution in [3.8, 4) is 0 Å². The zero-order valence-electron chi connectivity index (χ0n) is 7.94. The number of nitrogens with one attached hydrogen (secondary N) is 1. The molecule has 2 heterocycles. The minimum atomic E-state index is -1.23. The van der Waals surface area contributed by atoms with E-state index in [9.17, 15) is 9.59 Å². The number of aromatic nitrogens is 2. The van der Waals surface area contributed by atoms with Gasteiger partial charge >= 0.3 is 5.97 Å². The van der Waals surface area contributed by atoms with Gasteiger partial charge in [0, 0.05) is 12.4 Å². The van der Waals surface area contributed by atoms with Crippen molar-refractivity contribution >= 4 is 17.0 Å². The van der Waals surface area contributed by atoms with Crippen LogP contribution in [-0.4, -0.2) is 21.0 Å². The largest absolute Gasteiger partial charge is 0.477 e. The molecule has 0 atom stereocenters. The van der Waals surface area contributed by atoms with E-state index in [1.807, 2.05) is 0 Å². The van der Waals surface area contributed by atoms with Crippen LogP contribution in [-0.2, 0) is 0 Å². The Balaban J connectivity index is 2.96. The van der Waals surface area contributed by atoms with Crippen molar-refractivity contribution in [2.24, 2.45) is 0 Å². The Morgan fingerprint density at radius 2 is 2.27 bits per heavy atom. The molecule has 0 fully saturated rings. The average Bonchev–Trinajstić information content (AvgIpc) is 2.17. The lowest BCUT2D eigenvalue weighted by Crippen LogP contribution is -2.16. The summed E-state index contributed by atoms with van der Waals surface area (Å²) in [6.07, 6.45) is 2.73. The molecule has 0 unspecified atom stereocenters. The summed E-state index contributed by atoms with van der Waals surface area (Å²) in [5, 5.41) is 9.11. The van der Waals surface area contributed by atoms with Crippen molar-refractivity contribution in [2.45, 2.75) is 6.92 Å². The third-order valence-electron chi connectivity index (χ3n) is 2.21. The second-order valence-corrected chi connectivity index (χ2v) is 3.19. The van der Waals surface area contributed by atoms with Gasteiger partial charge in [0.2, 0.25) is 5.43 Å². The SMILES string of the molecule is Cc1ccnc2[nH]cc(C(=O)O)c(=O)c12. The van der Waals surface area contributed by atoms with Gasteiger partial charge in [0.15, 0.2) is 0 Å². The van der Waals surface area contributed by atoms with Crippen LogP contribution in [0.4, 0.5) is 0 Å². The van der Waals surface area contributed by atoms with E-state index in [4.69, 9.17) is 5.11 Å². The maximum absolute atomic E-state index is 11.7. The van der Waals surface area contributed by atoms with E-state index in [-0.39, 0.29) is 5.56 Å². The molecular formula is C10H8N2O3. The van der Waals surface area contributed by atoms with E-state index in [0.29, 0.717) is 16.6 Å². The van der Waals surface area contributed by atoms with Gasteiger partial charge in [0.1, 0.15) is 11.2 Å². The predicted molar refractivity (Wildman–Crippen MR) is 54.1 cm³/mol. The molecule has 0 radical (unpaired) electrons. The second-order valence-electron chi connectivity index (χ2n) is 3.19. The van der Waals surface area contributed by atoms with Crippen molar-refractivity contribution in [3.05, 3.63) is 39.8 Å². The highest BCUT2D eigenvalue weighted by atomic mass is 16.4. The Morgan fingerprint density at radius 3 is 2.93 bits per heavy atom. The minimum Gasteiger partial charge on any atom is -0.477 e. The number of pyridine rings is 2. The lowest BCUT2D eigenvalue weighted by molar-refractivity contribution is 0.0695. The van der Waals surface area contributed by atoms with Gasteiger partial charge in [-0.2, -0.15) is 0 Å². The number of nitrogens with zero attached hydrogens (tertiary/aromatic N) is 1. The molecule has 2 rings (SSSR count). The van der Waals surface area contributed by atoms with Gasteiger partial charge < -0.3 is 10.1 Å². The Morgan fingerprint density at radius 1 is 1.53 bits per heavy atom. The van der Waals surface area contributed by atoms with E-state index in [1.165, 1.54) is 6.20 Å². The Kier molecular flexibility index (Phi) is 2.00. The van der Waals surface area contributed by atoms with Gasteiger partial charge in [-0.3, -0.25) is 4.79 Å². The molecule has 0 spiro atoms. The summed E-state index contributed by atoms with van der Waals surface area (Å²) in [5.74, 6) is -1.23. The molecule has 0 aliphatic heterocycles. The molecule has 0 saturated carbocycles. The summed E-state index contributed by atoms with van der Waals surface area (Å²) < 4.78 is 0. The first-order valence-electron chi connectivity index (χ1n) is 4.31. The molecule has 5 nitrogen and oxygen atoms in total. The number of aryl methyl sites for hydroxylation is 1. The normalized spacial score (nSPS) is 10.5. The number of aromatic carboxylic acids is 1. The fraction of sp³-hybridized carbons (Fsp3) is 0.100. The fourth-order valence-electron chi connectivity index (χ4n) is 1.45. The smallest absolute Gasteiger partial charge is 0.341 e. The molecule has 0 saturated heterocycles. The van der Waals surface area contributed by atoms with Crippen molar-refractivity contribution < 1.29 is 9.90 Å². The monoisotopic (exact) mass is 204 g/mol. The lowest BCUT2D eigenvalue weighted by Gasteiger charge is -2.01. The molecule has 0 amide bonds. The van der Waals surface area contributed by atoms with Crippen LogP contribution >= 0.6 is 0 Å². The minimum absolute atomic E-state index is 0.265. The standard InChI is InChI=1S/C10H8N2O3/c1-5-2-3-11-9-7(5)8(13)6(4-12-9)10(14)15/h2-4H,1H3,(H,14,15)(H,11,12,13). The van der Waals surface area contributed by atoms with Crippen LogP contribution in [0.15, 0.2) is 23.3 Å². The van der Waals surface area contributed by atoms with Crippen LogP contribution in [0.25, 0.3) is 11.0 Å². The van der Waals surface area contributed by atoms with Crippen LogP contribution in [0.3, 0.4) is 0 Å². The molecule has 2 aromatic heterocycles. The summed E-state index contributed by atoms with van der Waals surface area (Å²) in [4.78, 5) is 29.1. The fourth-order valence-corrected chi connectivity index (χ4v) is 1.45. The van der Waals surface area contributed by atoms with Crippen molar-refractivity contribution in [3.63, 3.8) is 0 Å². The number of aromatic amines is 1. The molecule has 0 aliphatic rings. The molecule has 2 N–H and O–H groups in total. The first kappa shape index (κ1) is 9.39. The molecule has 0 bridgehead atoms. The van der Waals surface area contributed by atoms with Gasteiger partial charge in [0.05, 0.1) is 5.39 Å². The highest BCUT2D eigenvalue weighted by Gasteiger charge is 2.12. The van der Waals surface area contributed by atoms with Gasteiger partial charge in [-0.15, -0.1) is 0 Å². The first-order chi connectivity index (χ1) is 7.11. The van der Waals surface area contributed by atoms with Crippen molar-refractivity contribution in [1.29, 1.82) is 0 Å². The van der Waals surface area contributed by atoms with E-state index < -0.39 is 11.4 Å². The number of H-pyrrole nitrogens is 1. The van der Waals surface area contributed by atoms with Crippen LogP contribution in [0, 0.1) is 6.92 Å². The van der Waals surface area contributed by atoms with Crippen molar-refractivity contribution in [1.82, 2.24) is 9.97 Å². The highest BCUT2D eigenvalue weighted by molar-refractivity contribution is 5.92. The molecule has 0 aliphatic carbocycles. The van der Waals surface area contributed by atoms with E-state index in [0.717, 1.165) is 0 Å². The number of carboxylic acids is 1. The molecular weight excluding hydrogens is 196 g/mol. The van der Waals surface area contributed by atoms with E-state index in [2.05, 4.69) is 9.97 Å². The first-order valence-corrected chi connectivity index (χ1v) is 4.31. The maximum atomic E-state index is 11.7. The second kappa shape index (κ2) is 3.20. The molecule has 76 valence electrons.